The van der Waals surface area contributed by atoms with E-state index in [1.54, 1.807) is 24.5 Å². The van der Waals surface area contributed by atoms with Gasteiger partial charge in [0.1, 0.15) is 5.76 Å². The van der Waals surface area contributed by atoms with E-state index in [0.717, 1.165) is 27.8 Å². The van der Waals surface area contributed by atoms with Crippen LogP contribution in [0.2, 0.25) is 0 Å². The summed E-state index contributed by atoms with van der Waals surface area (Å²) in [5.74, 6) is 1.04. The van der Waals surface area contributed by atoms with Gasteiger partial charge in [0.2, 0.25) is 0 Å². The average molecular weight is 407 g/mol. The van der Waals surface area contributed by atoms with Crippen LogP contribution in [0.3, 0.4) is 0 Å². The van der Waals surface area contributed by atoms with Gasteiger partial charge in [0.05, 0.1) is 14.2 Å². The van der Waals surface area contributed by atoms with Crippen LogP contribution in [0.15, 0.2) is 75.9 Å². The highest BCUT2D eigenvalue weighted by Gasteiger charge is 2.16. The minimum Gasteiger partial charge on any atom is -0.493 e. The normalized spacial score (nSPS) is 10.6. The van der Waals surface area contributed by atoms with Crippen LogP contribution in [0, 0.1) is 6.92 Å². The Bertz CT molecular complexity index is 1080. The number of carbonyl (C=O) groups is 1. The summed E-state index contributed by atoms with van der Waals surface area (Å²) < 4.78 is 16.2. The molecule has 0 aliphatic carbocycles. The average Bonchev–Trinajstić information content (AvgIpc) is 3.45. The summed E-state index contributed by atoms with van der Waals surface area (Å²) in [6.07, 6.45) is 3.08. The molecule has 2 aromatic carbocycles. The number of aryl methyl sites for hydroxylation is 1. The summed E-state index contributed by atoms with van der Waals surface area (Å²) in [6.45, 7) is 2.02. The number of carbonyl (C=O) groups excluding carboxylic acids is 1. The van der Waals surface area contributed by atoms with Gasteiger partial charge in [-0.15, -0.1) is 0 Å². The molecule has 29 heavy (non-hydrogen) atoms. The van der Waals surface area contributed by atoms with Crippen LogP contribution in [0.4, 0.5) is 0 Å². The van der Waals surface area contributed by atoms with Crippen molar-refractivity contribution in [3.8, 4) is 17.1 Å². The zero-order valence-electron chi connectivity index (χ0n) is 16.5. The van der Waals surface area contributed by atoms with E-state index in [1.807, 2.05) is 72.3 Å². The lowest BCUT2D eigenvalue weighted by Crippen LogP contribution is -1.93. The van der Waals surface area contributed by atoms with Crippen molar-refractivity contribution in [2.45, 2.75) is 6.92 Å². The van der Waals surface area contributed by atoms with Gasteiger partial charge in [0, 0.05) is 22.6 Å². The number of fused-ring (bicyclic) bond motifs is 1. The molecule has 0 bridgehead atoms. The molecule has 0 aliphatic rings. The number of methoxy groups -OCH3 is 2. The summed E-state index contributed by atoms with van der Waals surface area (Å²) in [6, 6.07) is 17.8. The molecule has 4 nitrogen and oxygen atoms in total. The van der Waals surface area contributed by atoms with Gasteiger partial charge in [0.15, 0.2) is 11.3 Å². The van der Waals surface area contributed by atoms with E-state index in [2.05, 4.69) is 4.74 Å². The first-order valence-electron chi connectivity index (χ1n) is 9.03. The predicted octanol–water partition coefficient (Wildman–Crippen LogP) is 6.35. The van der Waals surface area contributed by atoms with Gasteiger partial charge in [-0.3, -0.25) is 0 Å². The Balaban J connectivity index is 0.000000419. The lowest BCUT2D eigenvalue weighted by molar-refractivity contribution is -0.134. The summed E-state index contributed by atoms with van der Waals surface area (Å²) in [5.41, 5.74) is 3.58. The molecule has 4 aromatic rings. The van der Waals surface area contributed by atoms with Crippen LogP contribution in [-0.4, -0.2) is 20.2 Å². The van der Waals surface area contributed by atoms with Crippen molar-refractivity contribution in [1.29, 1.82) is 0 Å². The second-order valence-electron chi connectivity index (χ2n) is 6.17. The molecule has 148 valence electrons. The monoisotopic (exact) mass is 406 g/mol. The minimum atomic E-state index is -0.400. The molecule has 4 rings (SSSR count). The van der Waals surface area contributed by atoms with E-state index in [4.69, 9.17) is 9.15 Å². The third-order valence-electron chi connectivity index (χ3n) is 4.32. The molecular weight excluding hydrogens is 384 g/mol. The van der Waals surface area contributed by atoms with Gasteiger partial charge in [-0.25, -0.2) is 4.79 Å². The SMILES string of the molecule is COC(=O)/C=C/c1cc(OC)c2oc(-c3ccccc3)c(C)c2c1.c1ccsc1. The highest BCUT2D eigenvalue weighted by molar-refractivity contribution is 7.07. The van der Waals surface area contributed by atoms with Gasteiger partial charge in [-0.2, -0.15) is 11.3 Å². The zero-order chi connectivity index (χ0) is 20.6. The molecule has 2 aromatic heterocycles. The van der Waals surface area contributed by atoms with Crippen molar-refractivity contribution >= 4 is 34.4 Å². The van der Waals surface area contributed by atoms with Gasteiger partial charge < -0.3 is 13.9 Å². The van der Waals surface area contributed by atoms with E-state index < -0.39 is 5.97 Å². The molecular formula is C24H22O4S. The fourth-order valence-corrected chi connectivity index (χ4v) is 3.33. The zero-order valence-corrected chi connectivity index (χ0v) is 17.4. The van der Waals surface area contributed by atoms with Gasteiger partial charge in [-0.1, -0.05) is 42.5 Å². The fourth-order valence-electron chi connectivity index (χ4n) is 2.88. The minimum absolute atomic E-state index is 0.400. The molecule has 0 unspecified atom stereocenters. The van der Waals surface area contributed by atoms with Crippen molar-refractivity contribution in [2.24, 2.45) is 0 Å². The molecule has 0 saturated carbocycles. The first-order valence-corrected chi connectivity index (χ1v) is 9.98. The summed E-state index contributed by atoms with van der Waals surface area (Å²) in [7, 11) is 2.95. The van der Waals surface area contributed by atoms with E-state index in [9.17, 15) is 4.79 Å². The van der Waals surface area contributed by atoms with E-state index in [1.165, 1.54) is 13.2 Å². The van der Waals surface area contributed by atoms with Crippen LogP contribution in [0.5, 0.6) is 5.75 Å². The van der Waals surface area contributed by atoms with Crippen molar-refractivity contribution in [3.05, 3.63) is 82.6 Å². The number of furan rings is 1. The lowest BCUT2D eigenvalue weighted by atomic mass is 10.0. The standard InChI is InChI=1S/C20H18O4.C4H4S/c1-13-16-11-14(9-10-18(21)23-3)12-17(22-2)20(16)24-19(13)15-7-5-4-6-8-15;1-2-4-5-3-1/h4-12H,1-3H3;1-4H/b10-9+;. The molecule has 0 amide bonds. The quantitative estimate of drug-likeness (QED) is 0.293. The second-order valence-corrected chi connectivity index (χ2v) is 6.99. The molecule has 0 atom stereocenters. The van der Waals surface area contributed by atoms with Crippen molar-refractivity contribution in [3.63, 3.8) is 0 Å². The molecule has 0 fully saturated rings. The highest BCUT2D eigenvalue weighted by atomic mass is 32.1. The Hall–Kier alpha value is -3.31. The maximum absolute atomic E-state index is 11.3. The summed E-state index contributed by atoms with van der Waals surface area (Å²) in [5, 5.41) is 5.04. The maximum Gasteiger partial charge on any atom is 0.330 e. The number of benzene rings is 2. The third-order valence-corrected chi connectivity index (χ3v) is 4.95. The molecule has 0 spiro atoms. The smallest absolute Gasteiger partial charge is 0.330 e. The molecule has 2 heterocycles. The molecule has 0 radical (unpaired) electrons. The van der Waals surface area contributed by atoms with Crippen molar-refractivity contribution in [1.82, 2.24) is 0 Å². The van der Waals surface area contributed by atoms with Crippen LogP contribution in [0.25, 0.3) is 28.4 Å². The number of ether oxygens (including phenoxy) is 2. The third kappa shape index (κ3) is 4.95. The second kappa shape index (κ2) is 9.75. The fraction of sp³-hybridized carbons (Fsp3) is 0.125. The first-order chi connectivity index (χ1) is 14.1. The maximum atomic E-state index is 11.3. The van der Waals surface area contributed by atoms with Gasteiger partial charge in [-0.05, 0) is 41.5 Å². The summed E-state index contributed by atoms with van der Waals surface area (Å²) >= 11 is 1.71. The Morgan fingerprint density at radius 2 is 1.76 bits per heavy atom. The largest absolute Gasteiger partial charge is 0.493 e. The number of thiophene rings is 1. The number of hydrogen-bond acceptors (Lipinski definition) is 5. The van der Waals surface area contributed by atoms with Crippen molar-refractivity contribution in [2.75, 3.05) is 14.2 Å². The van der Waals surface area contributed by atoms with Gasteiger partial charge >= 0.3 is 5.97 Å². The Morgan fingerprint density at radius 3 is 2.34 bits per heavy atom. The Labute approximate surface area is 174 Å². The highest BCUT2D eigenvalue weighted by Crippen LogP contribution is 2.38. The van der Waals surface area contributed by atoms with Crippen LogP contribution in [-0.2, 0) is 9.53 Å². The topological polar surface area (TPSA) is 48.7 Å². The van der Waals surface area contributed by atoms with E-state index in [0.29, 0.717) is 11.3 Å². The molecule has 0 aliphatic heterocycles. The van der Waals surface area contributed by atoms with Crippen LogP contribution < -0.4 is 4.74 Å². The molecule has 0 saturated heterocycles. The molecule has 5 heteroatoms. The first kappa shape index (κ1) is 20.4. The van der Waals surface area contributed by atoms with E-state index in [-0.39, 0.29) is 0 Å². The number of esters is 1. The lowest BCUT2D eigenvalue weighted by Gasteiger charge is -2.03. The van der Waals surface area contributed by atoms with Crippen molar-refractivity contribution < 1.29 is 18.7 Å². The Morgan fingerprint density at radius 1 is 1.03 bits per heavy atom. The number of rotatable bonds is 4. The molecule has 0 N–H and O–H groups in total. The summed E-state index contributed by atoms with van der Waals surface area (Å²) in [4.78, 5) is 11.3. The Kier molecular flexibility index (Phi) is 6.87. The van der Waals surface area contributed by atoms with Gasteiger partial charge in [0.25, 0.3) is 0 Å². The van der Waals surface area contributed by atoms with Crippen LogP contribution >= 0.6 is 11.3 Å². The number of hydrogen-bond donors (Lipinski definition) is 0. The van der Waals surface area contributed by atoms with E-state index >= 15 is 0 Å². The predicted molar refractivity (Wildman–Crippen MR) is 118 cm³/mol. The van der Waals surface area contributed by atoms with Crippen LogP contribution in [0.1, 0.15) is 11.1 Å².